The molecule has 0 aromatic heterocycles. The number of hydrogen-bond acceptors (Lipinski definition) is 6. The second-order valence-electron chi connectivity index (χ2n) is 5.90. The van der Waals surface area contributed by atoms with E-state index in [1.165, 1.54) is 5.56 Å². The van der Waals surface area contributed by atoms with E-state index in [2.05, 4.69) is 0 Å². The largest absolute Gasteiger partial charge is 0.377 e. The van der Waals surface area contributed by atoms with Gasteiger partial charge in [0, 0.05) is 13.2 Å². The van der Waals surface area contributed by atoms with Gasteiger partial charge in [-0.1, -0.05) is 37.3 Å². The van der Waals surface area contributed by atoms with Crippen LogP contribution < -0.4 is 0 Å². The molecule has 0 spiro atoms. The predicted octanol–water partition coefficient (Wildman–Crippen LogP) is 3.12. The Hall–Kier alpha value is -0.990. The summed E-state index contributed by atoms with van der Waals surface area (Å²) in [6.07, 6.45) is 2.63. The molecule has 0 radical (unpaired) electrons. The van der Waals surface area contributed by atoms with E-state index in [1.54, 1.807) is 6.92 Å². The van der Waals surface area contributed by atoms with Gasteiger partial charge >= 0.3 is 0 Å². The molecule has 0 bridgehead atoms. The van der Waals surface area contributed by atoms with E-state index in [-0.39, 0.29) is 12.9 Å². The van der Waals surface area contributed by atoms with Gasteiger partial charge in [-0.25, -0.2) is 0 Å². The summed E-state index contributed by atoms with van der Waals surface area (Å²) in [5.74, 6) is 0. The van der Waals surface area contributed by atoms with Crippen molar-refractivity contribution in [2.75, 3.05) is 26.1 Å². The highest BCUT2D eigenvalue weighted by Gasteiger charge is 2.14. The zero-order chi connectivity index (χ0) is 18.5. The minimum absolute atomic E-state index is 0.172. The molecule has 2 atom stereocenters. The van der Waals surface area contributed by atoms with Gasteiger partial charge in [0.2, 0.25) is 0 Å². The van der Waals surface area contributed by atoms with Crippen molar-refractivity contribution in [3.8, 4) is 0 Å². The van der Waals surface area contributed by atoms with Gasteiger partial charge < -0.3 is 14.2 Å². The van der Waals surface area contributed by atoms with Crippen molar-refractivity contribution >= 4 is 10.1 Å². The first-order valence-electron chi connectivity index (χ1n) is 8.64. The molecule has 0 N–H and O–H groups in total. The second-order valence-corrected chi connectivity index (χ2v) is 7.50. The fraction of sp³-hybridized carbons (Fsp3) is 0.667. The van der Waals surface area contributed by atoms with Gasteiger partial charge in [0.25, 0.3) is 10.1 Å². The maximum atomic E-state index is 11.0. The summed E-state index contributed by atoms with van der Waals surface area (Å²) < 4.78 is 43.7. The summed E-state index contributed by atoms with van der Waals surface area (Å²) >= 11 is 0. The average molecular weight is 374 g/mol. The Bertz CT molecular complexity index is 546. The molecule has 0 aliphatic carbocycles. The Morgan fingerprint density at radius 1 is 1.04 bits per heavy atom. The highest BCUT2D eigenvalue weighted by molar-refractivity contribution is 7.86. The number of ether oxygens (including phenoxy) is 3. The predicted molar refractivity (Wildman–Crippen MR) is 96.7 cm³/mol. The van der Waals surface area contributed by atoms with Crippen LogP contribution in [0.4, 0.5) is 0 Å². The number of benzene rings is 1. The van der Waals surface area contributed by atoms with Crippen LogP contribution in [0.1, 0.15) is 38.7 Å². The molecule has 0 saturated carbocycles. The first-order valence-corrected chi connectivity index (χ1v) is 10.5. The van der Waals surface area contributed by atoms with Crippen LogP contribution in [0.3, 0.4) is 0 Å². The molecule has 25 heavy (non-hydrogen) atoms. The molecule has 0 saturated heterocycles. The summed E-state index contributed by atoms with van der Waals surface area (Å²) in [5.41, 5.74) is 1.17. The second kappa shape index (κ2) is 12.4. The first-order chi connectivity index (χ1) is 11.9. The third-order valence-electron chi connectivity index (χ3n) is 3.29. The molecule has 1 unspecified atom stereocenters. The van der Waals surface area contributed by atoms with Crippen LogP contribution in [0.15, 0.2) is 30.3 Å². The number of unbranched alkanes of at least 4 members (excludes halogenated alkanes) is 1. The molecule has 144 valence electrons. The molecule has 0 heterocycles. The van der Waals surface area contributed by atoms with Crippen LogP contribution in [0.25, 0.3) is 0 Å². The molecule has 1 aromatic rings. The lowest BCUT2D eigenvalue weighted by Gasteiger charge is -2.19. The van der Waals surface area contributed by atoms with Crippen LogP contribution in [0.5, 0.6) is 0 Å². The minimum atomic E-state index is -3.46. The maximum Gasteiger partial charge on any atom is 0.264 e. The fourth-order valence-electron chi connectivity index (χ4n) is 2.14. The highest BCUT2D eigenvalue weighted by atomic mass is 32.2. The zero-order valence-electron chi connectivity index (χ0n) is 15.3. The molecule has 0 aliphatic rings. The third kappa shape index (κ3) is 12.1. The lowest BCUT2D eigenvalue weighted by Crippen LogP contribution is -2.25. The van der Waals surface area contributed by atoms with E-state index in [9.17, 15) is 8.42 Å². The van der Waals surface area contributed by atoms with Gasteiger partial charge in [0.15, 0.2) is 6.29 Å². The topological polar surface area (TPSA) is 71.1 Å². The summed E-state index contributed by atoms with van der Waals surface area (Å²) in [6, 6.07) is 10.1. The van der Waals surface area contributed by atoms with Crippen LogP contribution in [0, 0.1) is 0 Å². The van der Waals surface area contributed by atoms with E-state index < -0.39 is 16.2 Å². The van der Waals surface area contributed by atoms with Gasteiger partial charge in [0.1, 0.15) is 0 Å². The Kier molecular flexibility index (Phi) is 10.9. The molecule has 6 nitrogen and oxygen atoms in total. The standard InChI is InChI=1S/C18H30O6S/c1-4-18(23-14-16(2)24-25(3,19)20)22-13-9-8-12-21-15-17-10-6-5-7-11-17/h5-7,10-11,16,18H,4,8-9,12-15H2,1-3H3/t16?,18-/m0/s1. The van der Waals surface area contributed by atoms with E-state index in [1.807, 2.05) is 37.3 Å². The van der Waals surface area contributed by atoms with E-state index in [0.717, 1.165) is 19.1 Å². The molecule has 0 amide bonds. The van der Waals surface area contributed by atoms with Crippen molar-refractivity contribution in [1.29, 1.82) is 0 Å². The zero-order valence-corrected chi connectivity index (χ0v) is 16.2. The Morgan fingerprint density at radius 2 is 1.72 bits per heavy atom. The molecule has 7 heteroatoms. The van der Waals surface area contributed by atoms with Gasteiger partial charge in [-0.3, -0.25) is 4.18 Å². The monoisotopic (exact) mass is 374 g/mol. The minimum Gasteiger partial charge on any atom is -0.377 e. The van der Waals surface area contributed by atoms with Crippen LogP contribution >= 0.6 is 0 Å². The summed E-state index contributed by atoms with van der Waals surface area (Å²) in [6.45, 7) is 5.67. The van der Waals surface area contributed by atoms with Crippen LogP contribution in [0.2, 0.25) is 0 Å². The lowest BCUT2D eigenvalue weighted by molar-refractivity contribution is -0.155. The normalized spacial score (nSPS) is 14.4. The Labute approximate surface area is 151 Å². The van der Waals surface area contributed by atoms with Crippen molar-refractivity contribution in [1.82, 2.24) is 0 Å². The van der Waals surface area contributed by atoms with Crippen molar-refractivity contribution in [3.05, 3.63) is 35.9 Å². The van der Waals surface area contributed by atoms with Gasteiger partial charge in [-0.2, -0.15) is 8.42 Å². The Balaban J connectivity index is 2.04. The molecule has 0 aliphatic heterocycles. The summed E-state index contributed by atoms with van der Waals surface area (Å²) in [4.78, 5) is 0. The SMILES string of the molecule is CC[C@@H](OCCCCOCc1ccccc1)OCC(C)OS(C)(=O)=O. The summed E-state index contributed by atoms with van der Waals surface area (Å²) in [5, 5.41) is 0. The number of rotatable bonds is 14. The van der Waals surface area contributed by atoms with Gasteiger partial charge in [-0.15, -0.1) is 0 Å². The molecule has 1 rings (SSSR count). The van der Waals surface area contributed by atoms with Gasteiger partial charge in [-0.05, 0) is 31.7 Å². The lowest BCUT2D eigenvalue weighted by atomic mass is 10.2. The van der Waals surface area contributed by atoms with E-state index >= 15 is 0 Å². The van der Waals surface area contributed by atoms with Crippen LogP contribution in [-0.2, 0) is 35.1 Å². The first kappa shape index (κ1) is 22.1. The van der Waals surface area contributed by atoms with Gasteiger partial charge in [0.05, 0.1) is 25.6 Å². The fourth-order valence-corrected chi connectivity index (χ4v) is 2.79. The van der Waals surface area contributed by atoms with Crippen LogP contribution in [-0.4, -0.2) is 46.9 Å². The van der Waals surface area contributed by atoms with Crippen molar-refractivity contribution in [2.24, 2.45) is 0 Å². The van der Waals surface area contributed by atoms with Crippen molar-refractivity contribution in [2.45, 2.75) is 52.1 Å². The quantitative estimate of drug-likeness (QED) is 0.283. The highest BCUT2D eigenvalue weighted by Crippen LogP contribution is 2.06. The molecular formula is C18H30O6S. The van der Waals surface area contributed by atoms with Crippen molar-refractivity contribution in [3.63, 3.8) is 0 Å². The van der Waals surface area contributed by atoms with E-state index in [4.69, 9.17) is 18.4 Å². The number of hydrogen-bond donors (Lipinski definition) is 0. The average Bonchev–Trinajstić information content (AvgIpc) is 2.56. The smallest absolute Gasteiger partial charge is 0.264 e. The summed E-state index contributed by atoms with van der Waals surface area (Å²) in [7, 11) is -3.46. The van der Waals surface area contributed by atoms with E-state index in [0.29, 0.717) is 26.2 Å². The maximum absolute atomic E-state index is 11.0. The van der Waals surface area contributed by atoms with Crippen molar-refractivity contribution < 1.29 is 26.8 Å². The Morgan fingerprint density at radius 3 is 2.36 bits per heavy atom. The molecule has 1 aromatic carbocycles. The molecule has 0 fully saturated rings. The third-order valence-corrected chi connectivity index (χ3v) is 3.97. The molecular weight excluding hydrogens is 344 g/mol.